The average Bonchev–Trinajstić information content (AvgIpc) is 0.798. The van der Waals surface area contributed by atoms with Crippen LogP contribution in [0.5, 0.6) is 0 Å². The Balaban J connectivity index is 0.00000123. The van der Waals surface area contributed by atoms with Gasteiger partial charge in [-0.2, -0.15) is 92.2 Å². The van der Waals surface area contributed by atoms with Crippen LogP contribution in [0.2, 0.25) is 0 Å². The molecule has 0 aliphatic heterocycles. The summed E-state index contributed by atoms with van der Waals surface area (Å²) >= 11 is 0. The highest BCUT2D eigenvalue weighted by molar-refractivity contribution is 5.78. The van der Waals surface area contributed by atoms with Crippen molar-refractivity contribution in [2.45, 2.75) is 238 Å². The lowest BCUT2D eigenvalue weighted by Crippen LogP contribution is -2.67. The van der Waals surface area contributed by atoms with Crippen LogP contribution in [0.4, 0.5) is 114 Å². The maximum atomic E-state index is 13.3. The fourth-order valence-corrected chi connectivity index (χ4v) is 8.43. The summed E-state index contributed by atoms with van der Waals surface area (Å²) in [5.41, 5.74) is -18.3. The molecule has 34 heteroatoms. The van der Waals surface area contributed by atoms with Crippen molar-refractivity contribution in [3.05, 3.63) is 34.6 Å². The van der Waals surface area contributed by atoms with Crippen molar-refractivity contribution in [1.82, 2.24) is 0 Å². The van der Waals surface area contributed by atoms with Gasteiger partial charge < -0.3 is 24.4 Å². The second-order valence-corrected chi connectivity index (χ2v) is 22.8. The first-order valence-corrected chi connectivity index (χ1v) is 26.1. The summed E-state index contributed by atoms with van der Waals surface area (Å²) < 4.78 is 350. The van der Waals surface area contributed by atoms with E-state index in [1.54, 1.807) is 6.92 Å². The van der Waals surface area contributed by atoms with Crippen LogP contribution >= 0.6 is 0 Å². The van der Waals surface area contributed by atoms with Crippen molar-refractivity contribution in [1.29, 1.82) is 0 Å². The van der Waals surface area contributed by atoms with E-state index < -0.39 is 167 Å². The van der Waals surface area contributed by atoms with E-state index in [1.807, 2.05) is 20.8 Å². The Morgan fingerprint density at radius 2 is 0.802 bits per heavy atom. The summed E-state index contributed by atoms with van der Waals surface area (Å²) in [7, 11) is 0. The third-order valence-corrected chi connectivity index (χ3v) is 15.6. The van der Waals surface area contributed by atoms with E-state index >= 15 is 0 Å². The quantitative estimate of drug-likeness (QED) is 0.0622. The molecule has 0 spiro atoms. The molecular weight excluding hydrogens is 1250 g/mol. The monoisotopic (exact) mass is 1310 g/mol. The molecule has 2 saturated carbocycles. The molecule has 86 heavy (non-hydrogen) atoms. The van der Waals surface area contributed by atoms with Gasteiger partial charge in [0.2, 0.25) is 5.82 Å². The molecule has 2 N–H and O–H groups in total. The molecule has 0 heterocycles. The predicted octanol–water partition coefficient (Wildman–Crippen LogP) is 17.7. The van der Waals surface area contributed by atoms with Gasteiger partial charge in [-0.1, -0.05) is 53.9 Å². The molecule has 2 aliphatic rings. The zero-order valence-corrected chi connectivity index (χ0v) is 48.1. The van der Waals surface area contributed by atoms with Crippen LogP contribution in [0, 0.1) is 63.1 Å². The van der Waals surface area contributed by atoms with Crippen LogP contribution in [-0.4, -0.2) is 100 Å². The van der Waals surface area contributed by atoms with Gasteiger partial charge in [0.25, 0.3) is 17.3 Å². The van der Waals surface area contributed by atoms with Crippen molar-refractivity contribution in [3.8, 4) is 0 Å². The molecule has 2 fully saturated rings. The lowest BCUT2D eigenvalue weighted by atomic mass is 9.65. The van der Waals surface area contributed by atoms with Gasteiger partial charge in [0.15, 0.2) is 28.7 Å². The number of carbonyl (C=O) groups excluding carboxylic acids is 3. The van der Waals surface area contributed by atoms with Gasteiger partial charge in [-0.15, -0.1) is 0 Å². The van der Waals surface area contributed by atoms with E-state index in [2.05, 4.69) is 23.3 Å². The molecule has 0 saturated heterocycles. The maximum absolute atomic E-state index is 13.3. The van der Waals surface area contributed by atoms with Crippen LogP contribution in [0.1, 0.15) is 172 Å². The summed E-state index contributed by atoms with van der Waals surface area (Å²) in [4.78, 5) is 35.5. The number of rotatable bonds is 14. The second kappa shape index (κ2) is 28.7. The van der Waals surface area contributed by atoms with Gasteiger partial charge in [0.05, 0.1) is 10.8 Å². The third-order valence-electron chi connectivity index (χ3n) is 15.6. The number of esters is 3. The molecule has 2 aliphatic carbocycles. The van der Waals surface area contributed by atoms with Gasteiger partial charge in [0, 0.05) is 17.4 Å². The Labute approximate surface area is 477 Å². The molecular formula is C52H68F26O8. The topological polar surface area (TPSA) is 119 Å². The van der Waals surface area contributed by atoms with Crippen LogP contribution < -0.4 is 0 Å². The van der Waals surface area contributed by atoms with Gasteiger partial charge in [0.1, 0.15) is 11.7 Å². The summed E-state index contributed by atoms with van der Waals surface area (Å²) in [5.74, 6) is -20.9. The fraction of sp³-hybridized carbons (Fsp3) is 0.827. The Morgan fingerprint density at radius 1 is 0.465 bits per heavy atom. The van der Waals surface area contributed by atoms with E-state index in [4.69, 9.17) is 4.74 Å². The molecule has 1 aromatic carbocycles. The average molecular weight is 1320 g/mol. The van der Waals surface area contributed by atoms with Crippen molar-refractivity contribution in [2.24, 2.45) is 34.0 Å². The van der Waals surface area contributed by atoms with Crippen LogP contribution in [-0.2, 0) is 28.6 Å². The molecule has 1 aromatic rings. The Bertz CT molecular complexity index is 2260. The second-order valence-electron chi connectivity index (χ2n) is 22.8. The molecule has 0 radical (unpaired) electrons. The maximum Gasteiger partial charge on any atom is 0.434 e. The number of ether oxygens (including phenoxy) is 3. The van der Waals surface area contributed by atoms with Crippen molar-refractivity contribution < 1.29 is 153 Å². The van der Waals surface area contributed by atoms with Gasteiger partial charge in [-0.3, -0.25) is 14.4 Å². The number of benzene rings is 1. The Morgan fingerprint density at radius 3 is 1.09 bits per heavy atom. The number of aliphatic hydroxyl groups is 2. The van der Waals surface area contributed by atoms with Gasteiger partial charge in [-0.25, -0.2) is 22.0 Å². The summed E-state index contributed by atoms with van der Waals surface area (Å²) in [6.45, 7) is 17.9. The highest BCUT2D eigenvalue weighted by Crippen LogP contribution is 2.58. The van der Waals surface area contributed by atoms with Gasteiger partial charge in [-0.05, 0) is 118 Å². The molecule has 3 rings (SSSR count). The molecule has 0 aromatic heterocycles. The molecule has 0 amide bonds. The van der Waals surface area contributed by atoms with Gasteiger partial charge >= 0.3 is 61.1 Å². The summed E-state index contributed by atoms with van der Waals surface area (Å²) in [5, 5.41) is 19.1. The number of halogens is 26. The van der Waals surface area contributed by atoms with E-state index in [0.29, 0.717) is 12.3 Å². The SMILES string of the molecule is CCC(C)(C(=O)OC1CC(C(O)(C(F)(F)F)C(F)(F)F)CC(C(O)(C(F)(F)F)C(F)(F)F)C1)C(F)(F)F.CCC(C)(C)C(=O)OC(C(F)(F)F)C(F)(F)F.CCC(C)(C)C(=O)OC(C)(C)C1CCCCC1.CCC(C)c1c(F)c(F)c(F)c(F)c1F. The largest absolute Gasteiger partial charge is 0.462 e. The fourth-order valence-electron chi connectivity index (χ4n) is 8.43. The Kier molecular flexibility index (Phi) is 27.3. The zero-order valence-electron chi connectivity index (χ0n) is 48.1. The first kappa shape index (κ1) is 81.7. The standard InChI is InChI=1S/C18H19F15O4.C15H28O2.C10H9F5.C9H12F6O2/c1-3-11(2,14(19,20)21)10(34)37-9-5-7(12(35,15(22,23)24)16(25,26)27)4-8(6-9)13(36,17(28,29)30)18(31,32)33;1-6-14(2,3)13(16)17-15(4,5)12-10-8-7-9-11-12;1-3-4(2)5-6(11)8(13)10(15)9(14)7(5)12;1-4-7(2,3)6(16)17-5(8(10,11)12)9(13,14)15/h7-9,35-36H,3-6H2,1-2H3;12H,6-11H2,1-5H3;4H,3H2,1-2H3;5H,4H2,1-3H3. The smallest absolute Gasteiger partial charge is 0.434 e. The normalized spacial score (nSPS) is 19.6. The van der Waals surface area contributed by atoms with Crippen molar-refractivity contribution in [2.75, 3.05) is 0 Å². The highest BCUT2D eigenvalue weighted by Gasteiger charge is 2.79. The van der Waals surface area contributed by atoms with E-state index in [-0.39, 0.29) is 30.3 Å². The predicted molar refractivity (Wildman–Crippen MR) is 251 cm³/mol. The minimum Gasteiger partial charge on any atom is -0.462 e. The zero-order chi connectivity index (χ0) is 68.8. The van der Waals surface area contributed by atoms with Crippen LogP contribution in [0.3, 0.4) is 0 Å². The van der Waals surface area contributed by atoms with E-state index in [9.17, 15) is 139 Å². The number of alkyl halides is 21. The van der Waals surface area contributed by atoms with E-state index in [0.717, 1.165) is 13.3 Å². The molecule has 0 bridgehead atoms. The summed E-state index contributed by atoms with van der Waals surface area (Å²) in [6.07, 6.45) is -50.8. The third kappa shape index (κ3) is 19.1. The molecule has 506 valence electrons. The highest BCUT2D eigenvalue weighted by atomic mass is 19.4. The number of carbonyl (C=O) groups is 3. The molecule has 4 unspecified atom stereocenters. The lowest BCUT2D eigenvalue weighted by molar-refractivity contribution is -0.405. The minimum atomic E-state index is -6.77. The van der Waals surface area contributed by atoms with Crippen molar-refractivity contribution >= 4 is 17.9 Å². The number of hydrogen-bond acceptors (Lipinski definition) is 8. The van der Waals surface area contributed by atoms with E-state index in [1.165, 1.54) is 59.8 Å². The minimum absolute atomic E-state index is 0.0458. The first-order chi connectivity index (χ1) is 38.0. The number of hydrogen-bond donors (Lipinski definition) is 2. The van der Waals surface area contributed by atoms with Crippen LogP contribution in [0.15, 0.2) is 0 Å². The lowest BCUT2D eigenvalue weighted by Gasteiger charge is -2.48. The molecule has 8 nitrogen and oxygen atoms in total. The first-order valence-electron chi connectivity index (χ1n) is 26.1. The van der Waals surface area contributed by atoms with Crippen molar-refractivity contribution in [3.63, 3.8) is 0 Å². The Hall–Kier alpha value is -4.27. The van der Waals surface area contributed by atoms with Crippen LogP contribution in [0.25, 0.3) is 0 Å². The molecule has 4 atom stereocenters. The summed E-state index contributed by atoms with van der Waals surface area (Å²) in [6, 6.07) is 0.